The van der Waals surface area contributed by atoms with Gasteiger partial charge in [0.25, 0.3) is 5.91 Å². The molecule has 0 aliphatic heterocycles. The molecule has 0 fully saturated rings. The molecule has 0 saturated carbocycles. The summed E-state index contributed by atoms with van der Waals surface area (Å²) in [5, 5.41) is 3.19. The molecule has 142 valence electrons. The van der Waals surface area contributed by atoms with E-state index in [2.05, 4.69) is 10.3 Å². The highest BCUT2D eigenvalue weighted by atomic mass is 32.2. The first-order chi connectivity index (χ1) is 12.7. The van der Waals surface area contributed by atoms with Gasteiger partial charge in [-0.15, -0.1) is 0 Å². The minimum absolute atomic E-state index is 0.195. The zero-order valence-corrected chi connectivity index (χ0v) is 17.1. The van der Waals surface area contributed by atoms with Gasteiger partial charge in [-0.1, -0.05) is 11.3 Å². The van der Waals surface area contributed by atoms with E-state index in [4.69, 9.17) is 0 Å². The van der Waals surface area contributed by atoms with E-state index < -0.39 is 10.0 Å². The Morgan fingerprint density at radius 3 is 2.30 bits per heavy atom. The topological polar surface area (TPSA) is 82.6 Å². The van der Waals surface area contributed by atoms with Gasteiger partial charge in [-0.05, 0) is 42.5 Å². The Labute approximate surface area is 162 Å². The Kier molecular flexibility index (Phi) is 5.18. The Bertz CT molecular complexity index is 1090. The molecule has 0 aliphatic rings. The largest absolute Gasteiger partial charge is 0.378 e. The van der Waals surface area contributed by atoms with Gasteiger partial charge >= 0.3 is 0 Å². The van der Waals surface area contributed by atoms with Crippen LogP contribution in [-0.2, 0) is 10.0 Å². The van der Waals surface area contributed by atoms with Crippen LogP contribution >= 0.6 is 11.3 Å². The highest BCUT2D eigenvalue weighted by molar-refractivity contribution is 7.89. The minimum Gasteiger partial charge on any atom is -0.378 e. The summed E-state index contributed by atoms with van der Waals surface area (Å²) in [6.07, 6.45) is 0. The van der Waals surface area contributed by atoms with E-state index in [1.165, 1.54) is 31.5 Å². The normalized spacial score (nSPS) is 11.7. The van der Waals surface area contributed by atoms with E-state index in [-0.39, 0.29) is 10.8 Å². The molecule has 9 heteroatoms. The quantitative estimate of drug-likeness (QED) is 0.707. The van der Waals surface area contributed by atoms with E-state index in [0.29, 0.717) is 20.9 Å². The summed E-state index contributed by atoms with van der Waals surface area (Å²) in [5.41, 5.74) is 2.16. The molecule has 1 N–H and O–H groups in total. The van der Waals surface area contributed by atoms with Crippen LogP contribution in [0.5, 0.6) is 0 Å². The van der Waals surface area contributed by atoms with Crippen LogP contribution in [-0.4, -0.2) is 51.8 Å². The molecule has 0 radical (unpaired) electrons. The van der Waals surface area contributed by atoms with E-state index >= 15 is 0 Å². The van der Waals surface area contributed by atoms with Gasteiger partial charge < -0.3 is 4.90 Å². The molecule has 1 aromatic heterocycles. The third-order valence-electron chi connectivity index (χ3n) is 4.00. The first kappa shape index (κ1) is 19.3. The summed E-state index contributed by atoms with van der Waals surface area (Å²) in [5.74, 6) is -0.263. The molecule has 7 nitrogen and oxygen atoms in total. The lowest BCUT2D eigenvalue weighted by Gasteiger charge is -2.12. The molecular formula is C18H20N4O3S2. The van der Waals surface area contributed by atoms with Gasteiger partial charge in [0.2, 0.25) is 10.0 Å². The lowest BCUT2D eigenvalue weighted by atomic mass is 10.2. The summed E-state index contributed by atoms with van der Waals surface area (Å²) >= 11 is 1.24. The second kappa shape index (κ2) is 7.26. The third kappa shape index (κ3) is 3.95. The van der Waals surface area contributed by atoms with Crippen LogP contribution in [0.2, 0.25) is 0 Å². The maximum absolute atomic E-state index is 12.4. The summed E-state index contributed by atoms with van der Waals surface area (Å²) in [6.45, 7) is 0. The number of fused-ring (bicyclic) bond motifs is 1. The van der Waals surface area contributed by atoms with E-state index in [9.17, 15) is 13.2 Å². The predicted octanol–water partition coefficient (Wildman–Crippen LogP) is 2.86. The molecule has 0 bridgehead atoms. The predicted molar refractivity (Wildman–Crippen MR) is 109 cm³/mol. The van der Waals surface area contributed by atoms with E-state index in [1.54, 1.807) is 24.3 Å². The minimum atomic E-state index is -3.52. The highest BCUT2D eigenvalue weighted by Crippen LogP contribution is 2.29. The first-order valence-electron chi connectivity index (χ1n) is 8.10. The second-order valence-electron chi connectivity index (χ2n) is 6.33. The fourth-order valence-corrected chi connectivity index (χ4v) is 4.31. The standard InChI is InChI=1S/C18H20N4O3S2/c1-21(2)13-7-5-12(6-8-13)17(23)20-18-19-15-10-9-14(11-16(15)26-18)27(24,25)22(3)4/h5-11H,1-4H3,(H,19,20,23). The number of rotatable bonds is 5. The number of nitrogens with zero attached hydrogens (tertiary/aromatic N) is 3. The van der Waals surface area contributed by atoms with Crippen LogP contribution in [0.25, 0.3) is 10.2 Å². The smallest absolute Gasteiger partial charge is 0.257 e. The van der Waals surface area contributed by atoms with Crippen LogP contribution in [0.4, 0.5) is 10.8 Å². The number of sulfonamides is 1. The summed E-state index contributed by atoms with van der Waals surface area (Å²) < 4.78 is 26.4. The molecule has 2 aromatic carbocycles. The average molecular weight is 405 g/mol. The number of thiazole rings is 1. The first-order valence-corrected chi connectivity index (χ1v) is 10.4. The molecule has 3 aromatic rings. The van der Waals surface area contributed by atoms with Gasteiger partial charge in [0.05, 0.1) is 15.1 Å². The maximum Gasteiger partial charge on any atom is 0.257 e. The molecule has 3 rings (SSSR count). The van der Waals surface area contributed by atoms with Crippen molar-refractivity contribution < 1.29 is 13.2 Å². The van der Waals surface area contributed by atoms with Gasteiger partial charge in [0, 0.05) is 39.4 Å². The average Bonchev–Trinajstić information content (AvgIpc) is 3.02. The molecule has 1 amide bonds. The number of carbonyl (C=O) groups excluding carboxylic acids is 1. The van der Waals surface area contributed by atoms with Crippen molar-refractivity contribution in [3.63, 3.8) is 0 Å². The second-order valence-corrected chi connectivity index (χ2v) is 9.51. The van der Waals surface area contributed by atoms with Crippen molar-refractivity contribution in [2.24, 2.45) is 0 Å². The van der Waals surface area contributed by atoms with E-state index in [0.717, 1.165) is 9.99 Å². The van der Waals surface area contributed by atoms with Crippen LogP contribution in [0.1, 0.15) is 10.4 Å². The Hall–Kier alpha value is -2.49. The number of benzene rings is 2. The van der Waals surface area contributed by atoms with Gasteiger partial charge in [0.15, 0.2) is 5.13 Å². The molecule has 0 unspecified atom stereocenters. The van der Waals surface area contributed by atoms with Gasteiger partial charge in [0.1, 0.15) is 0 Å². The van der Waals surface area contributed by atoms with Gasteiger partial charge in [-0.25, -0.2) is 17.7 Å². The van der Waals surface area contributed by atoms with E-state index in [1.807, 2.05) is 31.1 Å². The summed E-state index contributed by atoms with van der Waals surface area (Å²) in [7, 11) is 3.32. The molecule has 27 heavy (non-hydrogen) atoms. The monoisotopic (exact) mass is 404 g/mol. The Balaban J connectivity index is 1.84. The summed E-state index contributed by atoms with van der Waals surface area (Å²) in [4.78, 5) is 18.9. The van der Waals surface area contributed by atoms with Gasteiger partial charge in [-0.3, -0.25) is 10.1 Å². The van der Waals surface area contributed by atoms with Crippen molar-refractivity contribution in [3.8, 4) is 0 Å². The lowest BCUT2D eigenvalue weighted by Crippen LogP contribution is -2.22. The van der Waals surface area contributed by atoms with Crippen molar-refractivity contribution in [1.29, 1.82) is 0 Å². The Morgan fingerprint density at radius 1 is 1.04 bits per heavy atom. The Morgan fingerprint density at radius 2 is 1.70 bits per heavy atom. The molecule has 0 atom stereocenters. The molecule has 0 saturated heterocycles. The van der Waals surface area contributed by atoms with Crippen LogP contribution in [0.15, 0.2) is 47.4 Å². The zero-order chi connectivity index (χ0) is 19.8. The SMILES string of the molecule is CN(C)c1ccc(C(=O)Nc2nc3ccc(S(=O)(=O)N(C)C)cc3s2)cc1. The van der Waals surface area contributed by atoms with Crippen LogP contribution in [0.3, 0.4) is 0 Å². The number of anilines is 2. The van der Waals surface area contributed by atoms with Crippen molar-refractivity contribution in [3.05, 3.63) is 48.0 Å². The maximum atomic E-state index is 12.4. The van der Waals surface area contributed by atoms with Crippen LogP contribution in [0, 0.1) is 0 Å². The molecular weight excluding hydrogens is 384 g/mol. The highest BCUT2D eigenvalue weighted by Gasteiger charge is 2.18. The number of amides is 1. The number of hydrogen-bond acceptors (Lipinski definition) is 6. The molecule has 0 spiro atoms. The van der Waals surface area contributed by atoms with Crippen molar-refractivity contribution in [2.75, 3.05) is 38.4 Å². The molecule has 0 aliphatic carbocycles. The fraction of sp³-hybridized carbons (Fsp3) is 0.222. The lowest BCUT2D eigenvalue weighted by molar-refractivity contribution is 0.102. The zero-order valence-electron chi connectivity index (χ0n) is 15.4. The van der Waals surface area contributed by atoms with Crippen molar-refractivity contribution >= 4 is 48.3 Å². The third-order valence-corrected chi connectivity index (χ3v) is 6.75. The number of nitrogens with one attached hydrogen (secondary N) is 1. The van der Waals surface area contributed by atoms with Crippen molar-refractivity contribution in [2.45, 2.75) is 4.90 Å². The van der Waals surface area contributed by atoms with Gasteiger partial charge in [-0.2, -0.15) is 0 Å². The van der Waals surface area contributed by atoms with Crippen molar-refractivity contribution in [1.82, 2.24) is 9.29 Å². The number of aromatic nitrogens is 1. The van der Waals surface area contributed by atoms with Crippen LogP contribution < -0.4 is 10.2 Å². The number of carbonyl (C=O) groups is 1. The summed E-state index contributed by atoms with van der Waals surface area (Å²) in [6, 6.07) is 12.0. The number of hydrogen-bond donors (Lipinski definition) is 1. The fourth-order valence-electron chi connectivity index (χ4n) is 2.41. The molecule has 1 heterocycles.